The number of fused-ring (bicyclic) bond motifs is 1. The summed E-state index contributed by atoms with van der Waals surface area (Å²) in [5, 5.41) is 21.1. The molecule has 0 unspecified atom stereocenters. The minimum Gasteiger partial charge on any atom is -0.506 e. The zero-order valence-corrected chi connectivity index (χ0v) is 15.8. The van der Waals surface area contributed by atoms with Crippen molar-refractivity contribution in [2.24, 2.45) is 0 Å². The van der Waals surface area contributed by atoms with Gasteiger partial charge in [-0.1, -0.05) is 48.0 Å². The van der Waals surface area contributed by atoms with Crippen molar-refractivity contribution >= 4 is 39.7 Å². The summed E-state index contributed by atoms with van der Waals surface area (Å²) in [5.74, 6) is -0.366. The van der Waals surface area contributed by atoms with Crippen molar-refractivity contribution in [3.63, 3.8) is 0 Å². The summed E-state index contributed by atoms with van der Waals surface area (Å²) in [6.45, 7) is 0. The van der Waals surface area contributed by atoms with E-state index in [0.29, 0.717) is 16.1 Å². The monoisotopic (exact) mass is 399 g/mol. The topological polar surface area (TPSA) is 89.8 Å². The number of halogens is 1. The Hall–Kier alpha value is -3.88. The molecule has 0 atom stereocenters. The van der Waals surface area contributed by atoms with Crippen LogP contribution in [0.2, 0.25) is 5.02 Å². The lowest BCUT2D eigenvalue weighted by molar-refractivity contribution is 0.103. The van der Waals surface area contributed by atoms with Gasteiger partial charge in [0, 0.05) is 21.7 Å². The normalized spacial score (nSPS) is 11.7. The first-order valence-electron chi connectivity index (χ1n) is 8.76. The zero-order valence-electron chi connectivity index (χ0n) is 15.1. The predicted octanol–water partition coefficient (Wildman–Crippen LogP) is 5.40. The fourth-order valence-corrected chi connectivity index (χ4v) is 3.19. The third-order valence-electron chi connectivity index (χ3n) is 4.51. The van der Waals surface area contributed by atoms with Gasteiger partial charge in [-0.15, -0.1) is 0 Å². The van der Waals surface area contributed by atoms with Crippen LogP contribution < -0.4 is 0 Å². The molecule has 3 aromatic carbocycles. The van der Waals surface area contributed by atoms with E-state index < -0.39 is 0 Å². The maximum Gasteiger partial charge on any atom is 0.193 e. The zero-order chi connectivity index (χ0) is 20.4. The molecular formula is C23H14ClN3O2. The molecule has 5 nitrogen and oxygen atoms in total. The van der Waals surface area contributed by atoms with Crippen LogP contribution in [0.15, 0.2) is 72.8 Å². The number of nitrogens with one attached hydrogen (secondary N) is 1. The summed E-state index contributed by atoms with van der Waals surface area (Å²) >= 11 is 5.90. The maximum absolute atomic E-state index is 13.0. The van der Waals surface area contributed by atoms with Crippen LogP contribution >= 0.6 is 11.6 Å². The van der Waals surface area contributed by atoms with Crippen LogP contribution in [0.1, 0.15) is 27.3 Å². The molecule has 0 aliphatic carbocycles. The number of ketones is 1. The van der Waals surface area contributed by atoms with E-state index in [4.69, 9.17) is 11.6 Å². The highest BCUT2D eigenvalue weighted by Crippen LogP contribution is 2.28. The largest absolute Gasteiger partial charge is 0.506 e. The Morgan fingerprint density at radius 1 is 0.966 bits per heavy atom. The average Bonchev–Trinajstić information content (AvgIpc) is 3.18. The smallest absolute Gasteiger partial charge is 0.193 e. The van der Waals surface area contributed by atoms with Crippen LogP contribution in [0.3, 0.4) is 0 Å². The minimum absolute atomic E-state index is 0.0439. The van der Waals surface area contributed by atoms with Gasteiger partial charge in [0.15, 0.2) is 11.6 Å². The Labute approximate surface area is 171 Å². The molecular weight excluding hydrogens is 386 g/mol. The van der Waals surface area contributed by atoms with Crippen LogP contribution in [-0.2, 0) is 0 Å². The van der Waals surface area contributed by atoms with E-state index in [0.717, 1.165) is 5.52 Å². The van der Waals surface area contributed by atoms with Crippen LogP contribution in [0, 0.1) is 11.3 Å². The van der Waals surface area contributed by atoms with E-state index >= 15 is 0 Å². The number of nitrogens with zero attached hydrogens (tertiary/aromatic N) is 2. The third-order valence-corrected chi connectivity index (χ3v) is 4.76. The van der Waals surface area contributed by atoms with Gasteiger partial charge in [0.25, 0.3) is 0 Å². The lowest BCUT2D eigenvalue weighted by atomic mass is 9.96. The van der Waals surface area contributed by atoms with Crippen molar-refractivity contribution in [1.82, 2.24) is 9.97 Å². The highest BCUT2D eigenvalue weighted by atomic mass is 35.5. The Morgan fingerprint density at radius 2 is 1.62 bits per heavy atom. The molecule has 2 N–H and O–H groups in total. The Balaban J connectivity index is 1.84. The summed E-state index contributed by atoms with van der Waals surface area (Å²) in [4.78, 5) is 20.4. The third kappa shape index (κ3) is 3.49. The summed E-state index contributed by atoms with van der Waals surface area (Å²) in [6, 6.07) is 22.4. The molecule has 4 rings (SSSR count). The lowest BCUT2D eigenvalue weighted by Crippen LogP contribution is -2.06. The number of carbonyl (C=O) groups excluding carboxylic acids is 1. The number of para-hydroxylation sites is 2. The van der Waals surface area contributed by atoms with Crippen LogP contribution in [0.25, 0.3) is 22.4 Å². The van der Waals surface area contributed by atoms with Crippen molar-refractivity contribution in [2.45, 2.75) is 0 Å². The molecule has 6 heteroatoms. The van der Waals surface area contributed by atoms with Gasteiger partial charge in [-0.25, -0.2) is 4.98 Å². The SMILES string of the molecule is N#CC(=C(O)c1ccccc1C(=O)c1ccc(Cl)cc1)c1nc2ccccc2[nH]1. The summed E-state index contributed by atoms with van der Waals surface area (Å²) < 4.78 is 0. The average molecular weight is 400 g/mol. The van der Waals surface area contributed by atoms with E-state index in [-0.39, 0.29) is 34.1 Å². The number of aliphatic hydroxyl groups excluding tert-OH is 1. The lowest BCUT2D eigenvalue weighted by Gasteiger charge is -2.09. The van der Waals surface area contributed by atoms with Gasteiger partial charge in [-0.3, -0.25) is 4.79 Å². The molecule has 1 aromatic heterocycles. The molecule has 0 amide bonds. The van der Waals surface area contributed by atoms with E-state index in [2.05, 4.69) is 9.97 Å². The second-order valence-electron chi connectivity index (χ2n) is 6.32. The number of aliphatic hydroxyl groups is 1. The number of allylic oxidation sites excluding steroid dienone is 1. The maximum atomic E-state index is 13.0. The standard InChI is InChI=1S/C23H14ClN3O2/c24-15-11-9-14(10-12-15)21(28)16-5-1-2-6-17(16)22(29)18(13-25)23-26-19-7-3-4-8-20(19)27-23/h1-12,29H,(H,26,27). The molecule has 0 saturated heterocycles. The van der Waals surface area contributed by atoms with Gasteiger partial charge in [0.05, 0.1) is 11.0 Å². The second-order valence-corrected chi connectivity index (χ2v) is 6.76. The molecule has 0 aliphatic rings. The second kappa shape index (κ2) is 7.63. The highest BCUT2D eigenvalue weighted by Gasteiger charge is 2.20. The number of imidazole rings is 1. The quantitative estimate of drug-likeness (QED) is 0.273. The molecule has 0 bridgehead atoms. The molecule has 29 heavy (non-hydrogen) atoms. The highest BCUT2D eigenvalue weighted by molar-refractivity contribution is 6.30. The number of hydrogen-bond donors (Lipinski definition) is 2. The van der Waals surface area contributed by atoms with Crippen molar-refractivity contribution in [3.05, 3.63) is 100 Å². The molecule has 0 fully saturated rings. The molecule has 0 saturated carbocycles. The van der Waals surface area contributed by atoms with Gasteiger partial charge >= 0.3 is 0 Å². The first-order chi connectivity index (χ1) is 14.1. The Morgan fingerprint density at radius 3 is 2.31 bits per heavy atom. The van der Waals surface area contributed by atoms with Gasteiger partial charge in [-0.05, 0) is 36.4 Å². The number of nitriles is 1. The molecule has 140 valence electrons. The number of hydrogen-bond acceptors (Lipinski definition) is 4. The number of aromatic amines is 1. The van der Waals surface area contributed by atoms with Gasteiger partial charge in [0.1, 0.15) is 17.4 Å². The predicted molar refractivity (Wildman–Crippen MR) is 112 cm³/mol. The number of carbonyl (C=O) groups is 1. The summed E-state index contributed by atoms with van der Waals surface area (Å²) in [7, 11) is 0. The van der Waals surface area contributed by atoms with Crippen molar-refractivity contribution in [1.29, 1.82) is 5.26 Å². The van der Waals surface area contributed by atoms with Crippen LogP contribution in [0.5, 0.6) is 0 Å². The Bertz CT molecular complexity index is 1260. The molecule has 0 aliphatic heterocycles. The molecule has 4 aromatic rings. The van der Waals surface area contributed by atoms with E-state index in [1.807, 2.05) is 24.3 Å². The summed E-state index contributed by atoms with van der Waals surface area (Å²) in [6.07, 6.45) is 0. The molecule has 1 heterocycles. The number of aromatic nitrogens is 2. The van der Waals surface area contributed by atoms with E-state index in [1.165, 1.54) is 0 Å². The molecule has 0 spiro atoms. The fraction of sp³-hybridized carbons (Fsp3) is 0. The first-order valence-corrected chi connectivity index (χ1v) is 9.14. The van der Waals surface area contributed by atoms with Crippen LogP contribution in [0.4, 0.5) is 0 Å². The number of benzene rings is 3. The minimum atomic E-state index is -0.315. The van der Waals surface area contributed by atoms with Crippen LogP contribution in [-0.4, -0.2) is 20.9 Å². The number of H-pyrrole nitrogens is 1. The first kappa shape index (κ1) is 18.5. The number of rotatable bonds is 4. The van der Waals surface area contributed by atoms with Crippen molar-refractivity contribution < 1.29 is 9.90 Å². The van der Waals surface area contributed by atoms with Crippen molar-refractivity contribution in [3.8, 4) is 6.07 Å². The molecule has 0 radical (unpaired) electrons. The Kier molecular flexibility index (Phi) is 4.86. The van der Waals surface area contributed by atoms with E-state index in [1.54, 1.807) is 54.6 Å². The van der Waals surface area contributed by atoms with E-state index in [9.17, 15) is 15.2 Å². The fourth-order valence-electron chi connectivity index (χ4n) is 3.07. The van der Waals surface area contributed by atoms with Gasteiger partial charge < -0.3 is 10.1 Å². The van der Waals surface area contributed by atoms with Gasteiger partial charge in [0.2, 0.25) is 0 Å². The summed E-state index contributed by atoms with van der Waals surface area (Å²) in [5.41, 5.74) is 2.33. The van der Waals surface area contributed by atoms with Crippen molar-refractivity contribution in [2.75, 3.05) is 0 Å². The van der Waals surface area contributed by atoms with Gasteiger partial charge in [-0.2, -0.15) is 5.26 Å².